The number of rotatable bonds is 5. The molecule has 0 radical (unpaired) electrons. The molecule has 1 amide bonds. The molecule has 0 fully saturated rings. The molecule has 0 spiro atoms. The van der Waals surface area contributed by atoms with Crippen LogP contribution in [0.25, 0.3) is 22.5 Å². The minimum Gasteiger partial charge on any atom is -0.454 e. The Morgan fingerprint density at radius 2 is 1.94 bits per heavy atom. The van der Waals surface area contributed by atoms with Crippen molar-refractivity contribution in [2.75, 3.05) is 25.4 Å². The van der Waals surface area contributed by atoms with Gasteiger partial charge in [-0.1, -0.05) is 18.2 Å². The van der Waals surface area contributed by atoms with Gasteiger partial charge in [-0.15, -0.1) is 0 Å². The quantitative estimate of drug-likeness (QED) is 0.473. The number of hydrogen-bond acceptors (Lipinski definition) is 6. The summed E-state index contributed by atoms with van der Waals surface area (Å²) < 4.78 is 21.3. The number of nitrogens with zero attached hydrogens (tertiary/aromatic N) is 4. The monoisotopic (exact) mass is 459 g/mol. The first-order valence-corrected chi connectivity index (χ1v) is 10.8. The summed E-state index contributed by atoms with van der Waals surface area (Å²) in [4.78, 5) is 22.5. The van der Waals surface area contributed by atoms with Gasteiger partial charge < -0.3 is 20.5 Å². The van der Waals surface area contributed by atoms with Crippen molar-refractivity contribution in [3.05, 3.63) is 78.4 Å². The zero-order valence-electron chi connectivity index (χ0n) is 18.2. The van der Waals surface area contributed by atoms with E-state index in [-0.39, 0.29) is 11.7 Å². The number of amides is 1. The summed E-state index contributed by atoms with van der Waals surface area (Å²) in [6.45, 7) is 0.410. The van der Waals surface area contributed by atoms with Gasteiger partial charge in [0.25, 0.3) is 0 Å². The molecule has 3 N–H and O–H groups in total. The lowest BCUT2D eigenvalue weighted by Gasteiger charge is -2.25. The van der Waals surface area contributed by atoms with Crippen molar-refractivity contribution in [2.24, 2.45) is 0 Å². The van der Waals surface area contributed by atoms with E-state index in [1.807, 2.05) is 24.3 Å². The lowest BCUT2D eigenvalue weighted by molar-refractivity contribution is -0.133. The van der Waals surface area contributed by atoms with Gasteiger partial charge in [-0.25, -0.2) is 14.4 Å². The van der Waals surface area contributed by atoms with Crippen LogP contribution in [0, 0.1) is 5.82 Å². The second-order valence-corrected chi connectivity index (χ2v) is 7.84. The molecule has 0 aliphatic carbocycles. The minimum atomic E-state index is -0.500. The van der Waals surface area contributed by atoms with E-state index in [0.717, 1.165) is 22.3 Å². The SMILES string of the molecule is Nc1nccc2c(C3=CCN(C(=O)CO)CC3)nc(-c3ccc(Oc4ccccc4F)cc3)n12. The molecule has 2 aromatic carbocycles. The Bertz CT molecular complexity index is 1400. The van der Waals surface area contributed by atoms with Crippen LogP contribution in [0.15, 0.2) is 66.9 Å². The number of aromatic nitrogens is 3. The highest BCUT2D eigenvalue weighted by Crippen LogP contribution is 2.32. The summed E-state index contributed by atoms with van der Waals surface area (Å²) in [6.07, 6.45) is 4.19. The molecule has 5 rings (SSSR count). The first kappa shape index (κ1) is 21.6. The van der Waals surface area contributed by atoms with Crippen molar-refractivity contribution < 1.29 is 19.0 Å². The summed E-state index contributed by atoms with van der Waals surface area (Å²) in [6, 6.07) is 15.2. The molecule has 3 heterocycles. The Balaban J connectivity index is 1.49. The molecule has 8 nitrogen and oxygen atoms in total. The van der Waals surface area contributed by atoms with Gasteiger partial charge in [-0.3, -0.25) is 9.20 Å². The summed E-state index contributed by atoms with van der Waals surface area (Å²) in [5, 5.41) is 9.11. The van der Waals surface area contributed by atoms with Crippen LogP contribution < -0.4 is 10.5 Å². The molecule has 9 heteroatoms. The number of aliphatic hydroxyl groups is 1. The van der Waals surface area contributed by atoms with E-state index in [1.165, 1.54) is 6.07 Å². The highest BCUT2D eigenvalue weighted by Gasteiger charge is 2.22. The number of hydrogen-bond donors (Lipinski definition) is 2. The van der Waals surface area contributed by atoms with Gasteiger partial charge in [0, 0.05) is 24.8 Å². The number of benzene rings is 2. The van der Waals surface area contributed by atoms with E-state index in [4.69, 9.17) is 20.6 Å². The van der Waals surface area contributed by atoms with Crippen molar-refractivity contribution in [1.29, 1.82) is 0 Å². The Labute approximate surface area is 194 Å². The van der Waals surface area contributed by atoms with Gasteiger partial charge >= 0.3 is 0 Å². The van der Waals surface area contributed by atoms with Gasteiger partial charge in [0.2, 0.25) is 11.9 Å². The fourth-order valence-corrected chi connectivity index (χ4v) is 4.03. The van der Waals surface area contributed by atoms with E-state index in [9.17, 15) is 9.18 Å². The maximum absolute atomic E-state index is 13.9. The first-order chi connectivity index (χ1) is 16.5. The number of aliphatic hydroxyl groups excluding tert-OH is 1. The molecule has 34 heavy (non-hydrogen) atoms. The van der Waals surface area contributed by atoms with Crippen LogP contribution in [0.2, 0.25) is 0 Å². The molecule has 0 bridgehead atoms. The third kappa shape index (κ3) is 3.97. The molecule has 1 aliphatic heterocycles. The van der Waals surface area contributed by atoms with Gasteiger partial charge in [0.15, 0.2) is 11.6 Å². The molecule has 172 valence electrons. The second kappa shape index (κ2) is 8.95. The number of ether oxygens (including phenoxy) is 1. The minimum absolute atomic E-state index is 0.148. The number of halogens is 1. The molecular formula is C25H22FN5O3. The highest BCUT2D eigenvalue weighted by atomic mass is 19.1. The predicted molar refractivity (Wildman–Crippen MR) is 126 cm³/mol. The molecule has 0 saturated heterocycles. The molecule has 2 aromatic heterocycles. The fraction of sp³-hybridized carbons (Fsp3) is 0.160. The lowest BCUT2D eigenvalue weighted by Crippen LogP contribution is -2.36. The number of carbonyl (C=O) groups is 1. The Morgan fingerprint density at radius 3 is 2.65 bits per heavy atom. The zero-order valence-corrected chi connectivity index (χ0v) is 18.2. The van der Waals surface area contributed by atoms with E-state index in [2.05, 4.69) is 4.98 Å². The average Bonchev–Trinajstić information content (AvgIpc) is 3.26. The summed E-state index contributed by atoms with van der Waals surface area (Å²) in [5.74, 6) is 0.820. The molecule has 1 aliphatic rings. The smallest absolute Gasteiger partial charge is 0.248 e. The topological polar surface area (TPSA) is 106 Å². The maximum atomic E-state index is 13.9. The van der Waals surface area contributed by atoms with Crippen LogP contribution in [-0.2, 0) is 4.79 Å². The molecule has 4 aromatic rings. The van der Waals surface area contributed by atoms with Gasteiger partial charge in [-0.2, -0.15) is 0 Å². The second-order valence-electron chi connectivity index (χ2n) is 7.84. The standard InChI is InChI=1S/C25H22FN5O3/c26-19-3-1-2-4-21(19)34-18-7-5-17(6-8-18)24-29-23(20-9-12-28-25(27)31(20)24)16-10-13-30(14-11-16)22(33)15-32/h1-10,12,32H,11,13-15H2,(H2,27,28). The molecular weight excluding hydrogens is 437 g/mol. The van der Waals surface area contributed by atoms with Crippen molar-refractivity contribution in [2.45, 2.75) is 6.42 Å². The zero-order chi connectivity index (χ0) is 23.7. The van der Waals surface area contributed by atoms with Crippen molar-refractivity contribution in [1.82, 2.24) is 19.3 Å². The van der Waals surface area contributed by atoms with Crippen LogP contribution in [0.4, 0.5) is 10.3 Å². The number of imidazole rings is 1. The normalized spacial score (nSPS) is 13.7. The third-order valence-corrected chi connectivity index (χ3v) is 5.76. The summed E-state index contributed by atoms with van der Waals surface area (Å²) in [7, 11) is 0. The largest absolute Gasteiger partial charge is 0.454 e. The Morgan fingerprint density at radius 1 is 1.15 bits per heavy atom. The predicted octanol–water partition coefficient (Wildman–Crippen LogP) is 3.52. The van der Waals surface area contributed by atoms with Gasteiger partial charge in [0.1, 0.15) is 18.2 Å². The lowest BCUT2D eigenvalue weighted by atomic mass is 10.0. The van der Waals surface area contributed by atoms with Gasteiger partial charge in [-0.05, 0) is 54.5 Å². The van der Waals surface area contributed by atoms with Gasteiger partial charge in [0.05, 0.1) is 11.2 Å². The maximum Gasteiger partial charge on any atom is 0.248 e. The average molecular weight is 459 g/mol. The number of para-hydroxylation sites is 1. The number of anilines is 1. The number of nitrogen functional groups attached to an aromatic ring is 1. The van der Waals surface area contributed by atoms with Crippen molar-refractivity contribution in [3.8, 4) is 22.9 Å². The van der Waals surface area contributed by atoms with E-state index < -0.39 is 12.4 Å². The fourth-order valence-electron chi connectivity index (χ4n) is 4.03. The molecule has 0 unspecified atom stereocenters. The van der Waals surface area contributed by atoms with E-state index in [1.54, 1.807) is 45.8 Å². The highest BCUT2D eigenvalue weighted by molar-refractivity contribution is 5.83. The van der Waals surface area contributed by atoms with Crippen LogP contribution in [0.3, 0.4) is 0 Å². The Kier molecular flexibility index (Phi) is 5.69. The Hall–Kier alpha value is -4.24. The molecule has 0 saturated carbocycles. The van der Waals surface area contributed by atoms with Crippen molar-refractivity contribution in [3.63, 3.8) is 0 Å². The number of carbonyl (C=O) groups excluding carboxylic acids is 1. The van der Waals surface area contributed by atoms with Crippen LogP contribution in [0.1, 0.15) is 12.1 Å². The van der Waals surface area contributed by atoms with E-state index >= 15 is 0 Å². The molecule has 0 atom stereocenters. The van der Waals surface area contributed by atoms with Crippen LogP contribution in [-0.4, -0.2) is 50.0 Å². The first-order valence-electron chi connectivity index (χ1n) is 10.8. The number of fused-ring (bicyclic) bond motifs is 1. The number of nitrogens with two attached hydrogens (primary N) is 1. The van der Waals surface area contributed by atoms with Crippen LogP contribution in [0.5, 0.6) is 11.5 Å². The van der Waals surface area contributed by atoms with Crippen LogP contribution >= 0.6 is 0 Å². The third-order valence-electron chi connectivity index (χ3n) is 5.76. The van der Waals surface area contributed by atoms with E-state index in [0.29, 0.717) is 37.0 Å². The summed E-state index contributed by atoms with van der Waals surface area (Å²) in [5.41, 5.74) is 9.57. The van der Waals surface area contributed by atoms with Crippen molar-refractivity contribution >= 4 is 22.9 Å². The summed E-state index contributed by atoms with van der Waals surface area (Å²) >= 11 is 0.